The van der Waals surface area contributed by atoms with Gasteiger partial charge in [0, 0.05) is 36.6 Å². The molecule has 2 aromatic carbocycles. The zero-order valence-electron chi connectivity index (χ0n) is 24.3. The zero-order valence-corrected chi connectivity index (χ0v) is 25.9. The Labute approximate surface area is 266 Å². The predicted octanol–water partition coefficient (Wildman–Crippen LogP) is 4.97. The molecule has 5 heterocycles. The van der Waals surface area contributed by atoms with Crippen LogP contribution in [0.4, 0.5) is 19.6 Å². The molecular weight excluding hydrogens is 624 g/mol. The first-order chi connectivity index (χ1) is 21.7. The maximum atomic E-state index is 17.0. The van der Waals surface area contributed by atoms with Crippen molar-refractivity contribution in [3.05, 3.63) is 47.0 Å². The van der Waals surface area contributed by atoms with Gasteiger partial charge in [0.15, 0.2) is 11.6 Å². The second-order valence-corrected chi connectivity index (χ2v) is 12.8. The molecule has 7 rings (SSSR count). The Morgan fingerprint density at radius 2 is 2.13 bits per heavy atom. The lowest BCUT2D eigenvalue weighted by molar-refractivity contribution is -0.126. The first kappa shape index (κ1) is 29.5. The van der Waals surface area contributed by atoms with Crippen molar-refractivity contribution in [1.82, 2.24) is 19.8 Å². The molecule has 10 nitrogen and oxygen atoms in total. The van der Waals surface area contributed by atoms with Crippen LogP contribution in [0.5, 0.6) is 11.8 Å². The minimum atomic E-state index is -0.797. The second-order valence-electron chi connectivity index (χ2n) is 11.4. The Bertz CT molecular complexity index is 1950. The fraction of sp³-hybridized carbons (Fsp3) is 0.355. The van der Waals surface area contributed by atoms with Crippen molar-refractivity contribution >= 4 is 60.7 Å². The molecule has 0 spiro atoms. The van der Waals surface area contributed by atoms with Crippen molar-refractivity contribution < 1.29 is 23.0 Å². The van der Waals surface area contributed by atoms with Crippen LogP contribution < -0.4 is 20.1 Å². The molecule has 14 heteroatoms. The lowest BCUT2D eigenvalue weighted by Gasteiger charge is -2.40. The fourth-order valence-electron chi connectivity index (χ4n) is 6.53. The van der Waals surface area contributed by atoms with E-state index in [0.717, 1.165) is 30.7 Å². The number of ether oxygens (including phenoxy) is 2. The number of likely N-dealkylation sites (tertiary alicyclic amines) is 1. The topological polar surface area (TPSA) is 121 Å². The maximum Gasteiger partial charge on any atom is 0.319 e. The molecule has 0 saturated carbocycles. The minimum Gasteiger partial charge on any atom is -0.489 e. The van der Waals surface area contributed by atoms with Crippen LogP contribution in [0.1, 0.15) is 18.4 Å². The fourth-order valence-corrected chi connectivity index (χ4v) is 7.82. The number of piperazine rings is 1. The summed E-state index contributed by atoms with van der Waals surface area (Å²) in [5.74, 6) is -1.06. The number of aromatic nitrogens is 2. The van der Waals surface area contributed by atoms with E-state index in [-0.39, 0.29) is 84.1 Å². The van der Waals surface area contributed by atoms with Gasteiger partial charge in [0.25, 0.3) is 0 Å². The normalized spacial score (nSPS) is 19.7. The molecule has 4 aromatic rings. The van der Waals surface area contributed by atoms with Crippen LogP contribution in [-0.4, -0.2) is 84.2 Å². The number of thiophene rings is 1. The lowest BCUT2D eigenvalue weighted by atomic mass is 9.96. The van der Waals surface area contributed by atoms with Crippen molar-refractivity contribution in [2.24, 2.45) is 0 Å². The number of amides is 1. The number of benzene rings is 2. The van der Waals surface area contributed by atoms with E-state index in [9.17, 15) is 14.4 Å². The van der Waals surface area contributed by atoms with Gasteiger partial charge in [-0.1, -0.05) is 24.2 Å². The van der Waals surface area contributed by atoms with Crippen LogP contribution in [0, 0.1) is 23.0 Å². The molecule has 2 fully saturated rings. The molecule has 1 amide bonds. The molecular formula is C31H28ClF2N7O3S. The smallest absolute Gasteiger partial charge is 0.319 e. The highest BCUT2D eigenvalue weighted by atomic mass is 35.5. The largest absolute Gasteiger partial charge is 0.489 e. The average Bonchev–Trinajstić information content (AvgIpc) is 3.56. The number of hydrogen-bond donors (Lipinski definition) is 1. The van der Waals surface area contributed by atoms with Crippen LogP contribution in [0.15, 0.2) is 24.8 Å². The molecule has 3 aliphatic heterocycles. The molecule has 2 saturated heterocycles. The van der Waals surface area contributed by atoms with Gasteiger partial charge in [0.2, 0.25) is 5.91 Å². The number of nitrogens with two attached hydrogens (primary N) is 1. The summed E-state index contributed by atoms with van der Waals surface area (Å²) >= 11 is 7.90. The molecule has 232 valence electrons. The molecule has 0 unspecified atom stereocenters. The summed E-state index contributed by atoms with van der Waals surface area (Å²) in [6.45, 7) is 6.08. The summed E-state index contributed by atoms with van der Waals surface area (Å²) in [7, 11) is 2.03. The highest BCUT2D eigenvalue weighted by Gasteiger charge is 2.38. The van der Waals surface area contributed by atoms with Gasteiger partial charge >= 0.3 is 6.01 Å². The van der Waals surface area contributed by atoms with E-state index in [4.69, 9.17) is 31.8 Å². The number of likely N-dealkylation sites (N-methyl/N-ethyl adjacent to an activating group) is 1. The molecule has 45 heavy (non-hydrogen) atoms. The molecule has 0 bridgehead atoms. The van der Waals surface area contributed by atoms with Crippen molar-refractivity contribution in [3.8, 4) is 29.0 Å². The molecule has 2 aromatic heterocycles. The zero-order chi connectivity index (χ0) is 31.6. The molecule has 0 radical (unpaired) electrons. The Kier molecular flexibility index (Phi) is 7.38. The number of rotatable bonds is 5. The van der Waals surface area contributed by atoms with Gasteiger partial charge in [0.05, 0.1) is 26.7 Å². The van der Waals surface area contributed by atoms with Gasteiger partial charge in [-0.3, -0.25) is 4.79 Å². The standard InChI is InChI=1S/C31H28ClF2N7O3S/c1-3-20(42)40-9-10-41-16(12-40)14-43-27-23-26(37-31(38-30(23)41)44-13-15-5-4-8-39(15)2)25(34)22(24(27)32)17-6-7-19(33)28-21(17)18(11-35)29(36)45-28/h3,6-7,15-16H,1,4-5,8-10,12-14,36H2,2H3/t15-,16+/m0/s1. The Balaban J connectivity index is 1.45. The number of carbonyl (C=O) groups excluding carboxylic acids is 1. The lowest BCUT2D eigenvalue weighted by Crippen LogP contribution is -2.56. The van der Waals surface area contributed by atoms with Crippen LogP contribution >= 0.6 is 22.9 Å². The highest BCUT2D eigenvalue weighted by molar-refractivity contribution is 7.23. The van der Waals surface area contributed by atoms with E-state index >= 15 is 4.39 Å². The number of halogens is 3. The van der Waals surface area contributed by atoms with E-state index in [0.29, 0.717) is 32.1 Å². The van der Waals surface area contributed by atoms with Gasteiger partial charge in [-0.15, -0.1) is 11.3 Å². The van der Waals surface area contributed by atoms with Crippen molar-refractivity contribution in [3.63, 3.8) is 0 Å². The predicted molar refractivity (Wildman–Crippen MR) is 169 cm³/mol. The van der Waals surface area contributed by atoms with E-state index in [2.05, 4.69) is 16.5 Å². The van der Waals surface area contributed by atoms with E-state index < -0.39 is 11.6 Å². The quantitative estimate of drug-likeness (QED) is 0.298. The summed E-state index contributed by atoms with van der Waals surface area (Å²) in [6, 6.07) is 4.40. The van der Waals surface area contributed by atoms with Crippen molar-refractivity contribution in [2.75, 3.05) is 57.1 Å². The Morgan fingerprint density at radius 3 is 2.87 bits per heavy atom. The first-order valence-electron chi connectivity index (χ1n) is 14.5. The molecule has 0 aliphatic carbocycles. The number of nitrogens with zero attached hydrogens (tertiary/aromatic N) is 6. The van der Waals surface area contributed by atoms with Crippen LogP contribution in [-0.2, 0) is 4.79 Å². The first-order valence-corrected chi connectivity index (χ1v) is 15.7. The van der Waals surface area contributed by atoms with Gasteiger partial charge in [-0.05, 0) is 44.1 Å². The van der Waals surface area contributed by atoms with E-state index in [1.165, 1.54) is 18.2 Å². The summed E-state index contributed by atoms with van der Waals surface area (Å²) in [5, 5.41) is 10.3. The van der Waals surface area contributed by atoms with Gasteiger partial charge in [-0.25, -0.2) is 8.78 Å². The number of fused-ring (bicyclic) bond motifs is 3. The molecule has 3 aliphatic rings. The van der Waals surface area contributed by atoms with Crippen LogP contribution in [0.3, 0.4) is 0 Å². The summed E-state index contributed by atoms with van der Waals surface area (Å²) in [5.41, 5.74) is 6.09. The van der Waals surface area contributed by atoms with E-state index in [1.807, 2.05) is 18.0 Å². The minimum absolute atomic E-state index is 0.0112. The van der Waals surface area contributed by atoms with Gasteiger partial charge in [0.1, 0.15) is 41.4 Å². The Morgan fingerprint density at radius 1 is 1.31 bits per heavy atom. The van der Waals surface area contributed by atoms with Gasteiger partial charge < -0.3 is 29.9 Å². The number of nitriles is 1. The third kappa shape index (κ3) is 4.70. The molecule has 2 atom stereocenters. The SMILES string of the molecule is C=CC(=O)N1CCN2c3nc(OC[C@@H]4CCCN4C)nc4c(F)c(-c5ccc(F)c6sc(N)c(C#N)c56)c(Cl)c(c34)OC[C@H]2C1. The van der Waals surface area contributed by atoms with Crippen molar-refractivity contribution in [2.45, 2.75) is 24.9 Å². The van der Waals surface area contributed by atoms with Crippen molar-refractivity contribution in [1.29, 1.82) is 5.26 Å². The Hall–Kier alpha value is -4.25. The number of anilines is 2. The van der Waals surface area contributed by atoms with Gasteiger partial charge in [-0.2, -0.15) is 15.2 Å². The molecule has 2 N–H and O–H groups in total. The monoisotopic (exact) mass is 651 g/mol. The maximum absolute atomic E-state index is 17.0. The summed E-state index contributed by atoms with van der Waals surface area (Å²) in [4.78, 5) is 27.6. The average molecular weight is 652 g/mol. The van der Waals surface area contributed by atoms with Crippen LogP contribution in [0.25, 0.3) is 32.1 Å². The second kappa shape index (κ2) is 11.3. The number of hydrogen-bond acceptors (Lipinski definition) is 10. The number of nitrogen functional groups attached to an aromatic ring is 1. The summed E-state index contributed by atoms with van der Waals surface area (Å²) in [6.07, 6.45) is 3.27. The number of carbonyl (C=O) groups is 1. The van der Waals surface area contributed by atoms with E-state index in [1.54, 1.807) is 4.90 Å². The third-order valence-electron chi connectivity index (χ3n) is 8.88. The van der Waals surface area contributed by atoms with Crippen LogP contribution in [0.2, 0.25) is 5.02 Å². The highest BCUT2D eigenvalue weighted by Crippen LogP contribution is 2.51. The third-order valence-corrected chi connectivity index (χ3v) is 10.3. The summed E-state index contributed by atoms with van der Waals surface area (Å²) < 4.78 is 44.4.